The molecule has 2 aromatic rings. The van der Waals surface area contributed by atoms with Crippen LogP contribution < -0.4 is 5.43 Å². The Balaban J connectivity index is 2.02. The zero-order chi connectivity index (χ0) is 16.3. The van der Waals surface area contributed by atoms with Crippen molar-refractivity contribution in [1.82, 2.24) is 0 Å². The topological polar surface area (TPSA) is 50.7 Å². The predicted molar refractivity (Wildman–Crippen MR) is 97.0 cm³/mol. The monoisotopic (exact) mass is 328 g/mol. The number of esters is 1. The molecule has 2 rings (SSSR count). The summed E-state index contributed by atoms with van der Waals surface area (Å²) in [4.78, 5) is 11.4. The first-order chi connectivity index (χ1) is 11.3. The summed E-state index contributed by atoms with van der Waals surface area (Å²) in [6.45, 7) is 2.22. The highest BCUT2D eigenvalue weighted by atomic mass is 32.2. The molecule has 0 saturated carbocycles. The lowest BCUT2D eigenvalue weighted by molar-refractivity contribution is -0.139. The first-order valence-corrected chi connectivity index (χ1v) is 8.61. The van der Waals surface area contributed by atoms with E-state index in [1.165, 1.54) is 11.8 Å². The van der Waals surface area contributed by atoms with Gasteiger partial charge in [0, 0.05) is 5.75 Å². The van der Waals surface area contributed by atoms with Crippen molar-refractivity contribution in [3.8, 4) is 0 Å². The van der Waals surface area contributed by atoms with Gasteiger partial charge < -0.3 is 4.74 Å². The van der Waals surface area contributed by atoms with E-state index in [-0.39, 0.29) is 5.97 Å². The van der Waals surface area contributed by atoms with Gasteiger partial charge in [0.15, 0.2) is 0 Å². The molecule has 0 aliphatic rings. The number of benzene rings is 2. The van der Waals surface area contributed by atoms with Crippen LogP contribution in [-0.2, 0) is 9.53 Å². The minimum absolute atomic E-state index is 0.194. The molecule has 0 aromatic heterocycles. The van der Waals surface area contributed by atoms with Crippen LogP contribution in [0.25, 0.3) is 0 Å². The molecule has 5 heteroatoms. The molecule has 1 N–H and O–H groups in total. The molecular formula is C18H20N2O2S. The molecule has 0 atom stereocenters. The van der Waals surface area contributed by atoms with E-state index in [4.69, 9.17) is 4.74 Å². The number of thioether (sulfide) groups is 1. The molecule has 0 radical (unpaired) electrons. The van der Waals surface area contributed by atoms with Gasteiger partial charge in [-0.3, -0.25) is 10.2 Å². The summed E-state index contributed by atoms with van der Waals surface area (Å²) in [6.07, 6.45) is 0. The molecular weight excluding hydrogens is 308 g/mol. The average Bonchev–Trinajstić information content (AvgIpc) is 2.60. The third-order valence-electron chi connectivity index (χ3n) is 2.96. The molecule has 0 unspecified atom stereocenters. The summed E-state index contributed by atoms with van der Waals surface area (Å²) >= 11 is 1.49. The van der Waals surface area contributed by atoms with Crippen LogP contribution in [0.15, 0.2) is 65.8 Å². The molecule has 23 heavy (non-hydrogen) atoms. The number of hydrogen-bond acceptors (Lipinski definition) is 5. The first-order valence-electron chi connectivity index (χ1n) is 7.46. The molecule has 2 aromatic carbocycles. The van der Waals surface area contributed by atoms with Gasteiger partial charge in [-0.05, 0) is 24.6 Å². The second-order valence-electron chi connectivity index (χ2n) is 4.70. The van der Waals surface area contributed by atoms with Crippen LogP contribution in [0.4, 0.5) is 5.69 Å². The Morgan fingerprint density at radius 3 is 2.35 bits per heavy atom. The number of hydrogen-bond donors (Lipinski definition) is 1. The molecule has 0 saturated heterocycles. The summed E-state index contributed by atoms with van der Waals surface area (Å²) < 4.78 is 4.94. The number of anilines is 1. The first kappa shape index (κ1) is 17.1. The van der Waals surface area contributed by atoms with Crippen LogP contribution in [0.2, 0.25) is 0 Å². The maximum absolute atomic E-state index is 11.4. The van der Waals surface area contributed by atoms with E-state index in [2.05, 4.69) is 10.5 Å². The molecule has 4 nitrogen and oxygen atoms in total. The molecule has 0 amide bonds. The van der Waals surface area contributed by atoms with Crippen LogP contribution in [0.3, 0.4) is 0 Å². The lowest BCUT2D eigenvalue weighted by atomic mass is 10.1. The van der Waals surface area contributed by atoms with Gasteiger partial charge in [0.25, 0.3) is 0 Å². The lowest BCUT2D eigenvalue weighted by Gasteiger charge is -2.08. The molecule has 120 valence electrons. The van der Waals surface area contributed by atoms with Gasteiger partial charge in [-0.2, -0.15) is 5.10 Å². The van der Waals surface area contributed by atoms with E-state index < -0.39 is 0 Å². The van der Waals surface area contributed by atoms with E-state index in [0.717, 1.165) is 17.0 Å². The van der Waals surface area contributed by atoms with Gasteiger partial charge >= 0.3 is 5.97 Å². The summed E-state index contributed by atoms with van der Waals surface area (Å²) in [5.74, 6) is 0.758. The average molecular weight is 328 g/mol. The van der Waals surface area contributed by atoms with Crippen molar-refractivity contribution in [3.05, 3.63) is 66.2 Å². The van der Waals surface area contributed by atoms with Gasteiger partial charge in [-0.25, -0.2) is 0 Å². The number of ether oxygens (including phenoxy) is 1. The zero-order valence-electron chi connectivity index (χ0n) is 13.1. The van der Waals surface area contributed by atoms with Gasteiger partial charge in [-0.1, -0.05) is 48.5 Å². The third kappa shape index (κ3) is 6.16. The Morgan fingerprint density at radius 2 is 1.70 bits per heavy atom. The highest BCUT2D eigenvalue weighted by Crippen LogP contribution is 2.11. The van der Waals surface area contributed by atoms with Gasteiger partial charge in [-0.15, -0.1) is 11.8 Å². The van der Waals surface area contributed by atoms with E-state index in [9.17, 15) is 4.79 Å². The summed E-state index contributed by atoms with van der Waals surface area (Å²) in [7, 11) is 0. The summed E-state index contributed by atoms with van der Waals surface area (Å²) in [6, 6.07) is 19.7. The molecule has 0 fully saturated rings. The van der Waals surface area contributed by atoms with E-state index in [0.29, 0.717) is 18.1 Å². The Bertz CT molecular complexity index is 630. The lowest BCUT2D eigenvalue weighted by Crippen LogP contribution is -2.12. The van der Waals surface area contributed by atoms with Gasteiger partial charge in [0.2, 0.25) is 0 Å². The fourth-order valence-corrected chi connectivity index (χ4v) is 2.67. The van der Waals surface area contributed by atoms with Crippen molar-refractivity contribution in [1.29, 1.82) is 0 Å². The zero-order valence-corrected chi connectivity index (χ0v) is 13.9. The Labute approximate surface area is 140 Å². The van der Waals surface area contributed by atoms with Crippen LogP contribution >= 0.6 is 11.8 Å². The maximum Gasteiger partial charge on any atom is 0.315 e. The highest BCUT2D eigenvalue weighted by molar-refractivity contribution is 8.00. The summed E-state index contributed by atoms with van der Waals surface area (Å²) in [5, 5.41) is 4.50. The largest absolute Gasteiger partial charge is 0.465 e. The van der Waals surface area contributed by atoms with Crippen molar-refractivity contribution in [3.63, 3.8) is 0 Å². The van der Waals surface area contributed by atoms with E-state index >= 15 is 0 Å². The number of rotatable bonds is 8. The molecule has 0 bridgehead atoms. The maximum atomic E-state index is 11.4. The number of para-hydroxylation sites is 1. The molecule has 0 spiro atoms. The van der Waals surface area contributed by atoms with Crippen molar-refractivity contribution >= 4 is 29.1 Å². The Morgan fingerprint density at radius 1 is 1.04 bits per heavy atom. The number of nitrogens with zero attached hydrogens (tertiary/aromatic N) is 1. The molecule has 0 heterocycles. The fraction of sp³-hybridized carbons (Fsp3) is 0.222. The fourth-order valence-electron chi connectivity index (χ4n) is 1.89. The minimum atomic E-state index is -0.194. The minimum Gasteiger partial charge on any atom is -0.465 e. The number of carbonyl (C=O) groups is 1. The quantitative estimate of drug-likeness (QED) is 0.455. The van der Waals surface area contributed by atoms with Crippen LogP contribution in [0, 0.1) is 0 Å². The Hall–Kier alpha value is -2.27. The van der Waals surface area contributed by atoms with Crippen LogP contribution in [-0.4, -0.2) is 29.8 Å². The number of carbonyl (C=O) groups excluding carboxylic acids is 1. The van der Waals surface area contributed by atoms with Gasteiger partial charge in [0.1, 0.15) is 0 Å². The number of nitrogens with one attached hydrogen (secondary N) is 1. The van der Waals surface area contributed by atoms with Gasteiger partial charge in [0.05, 0.1) is 23.8 Å². The van der Waals surface area contributed by atoms with E-state index in [1.54, 1.807) is 0 Å². The third-order valence-corrected chi connectivity index (χ3v) is 3.88. The molecule has 0 aliphatic heterocycles. The molecule has 0 aliphatic carbocycles. The smallest absolute Gasteiger partial charge is 0.315 e. The highest BCUT2D eigenvalue weighted by Gasteiger charge is 2.07. The van der Waals surface area contributed by atoms with Crippen molar-refractivity contribution in [2.24, 2.45) is 5.10 Å². The second kappa shape index (κ2) is 9.69. The van der Waals surface area contributed by atoms with Crippen LogP contribution in [0.5, 0.6) is 0 Å². The van der Waals surface area contributed by atoms with E-state index in [1.807, 2.05) is 67.6 Å². The van der Waals surface area contributed by atoms with Crippen molar-refractivity contribution in [2.75, 3.05) is 23.5 Å². The second-order valence-corrected chi connectivity index (χ2v) is 5.69. The SMILES string of the molecule is CCOC(=O)CSC/C(=N/Nc1ccccc1)c1ccccc1. The standard InChI is InChI=1S/C18H20N2O2S/c1-2-22-18(21)14-23-13-17(15-9-5-3-6-10-15)20-19-16-11-7-4-8-12-16/h3-12,19H,2,13-14H2,1H3/b20-17-. The van der Waals surface area contributed by atoms with Crippen molar-refractivity contribution < 1.29 is 9.53 Å². The predicted octanol–water partition coefficient (Wildman–Crippen LogP) is 3.80. The normalized spacial score (nSPS) is 11.1. The number of hydrazone groups is 1. The van der Waals surface area contributed by atoms with Crippen LogP contribution in [0.1, 0.15) is 12.5 Å². The Kier molecular flexibility index (Phi) is 7.20. The summed E-state index contributed by atoms with van der Waals surface area (Å²) in [5.41, 5.74) is 5.92. The van der Waals surface area contributed by atoms with Crippen molar-refractivity contribution in [2.45, 2.75) is 6.92 Å².